The molecule has 1 aliphatic rings. The standard InChI is InChI=1S/C45H64F3N2O8P/c1-31(2)50(32(3)4)59(58-43(8,9)26-28-54-42(6,7)25-27-49-41(51)45(46,47)48)57-39-29-33(5)56-40(39)30-55-44(34-15-13-12-14-16-34,35-17-21-37(52-10)22-18-35)36-19-23-38(53-11)24-20-36/h12-24,31-33,39-40H,25-30H2,1-11H3,(H,49,51). The van der Waals surface area contributed by atoms with Gasteiger partial charge >= 0.3 is 12.1 Å². The van der Waals surface area contributed by atoms with Gasteiger partial charge in [0.1, 0.15) is 23.2 Å². The fourth-order valence-electron chi connectivity index (χ4n) is 7.15. The molecule has 1 heterocycles. The van der Waals surface area contributed by atoms with E-state index < -0.39 is 43.5 Å². The molecule has 328 valence electrons. The molecule has 0 radical (unpaired) electrons. The number of nitrogens with zero attached hydrogens (tertiary/aromatic N) is 1. The van der Waals surface area contributed by atoms with Crippen molar-refractivity contribution >= 4 is 14.4 Å². The molecule has 4 unspecified atom stereocenters. The van der Waals surface area contributed by atoms with E-state index in [1.54, 1.807) is 28.1 Å². The number of nitrogens with one attached hydrogen (secondary N) is 1. The van der Waals surface area contributed by atoms with Crippen LogP contribution in [0.2, 0.25) is 0 Å². The Balaban J connectivity index is 1.58. The van der Waals surface area contributed by atoms with Crippen LogP contribution in [-0.4, -0.2) is 92.3 Å². The first-order chi connectivity index (χ1) is 27.7. The lowest BCUT2D eigenvalue weighted by Crippen LogP contribution is -2.41. The summed E-state index contributed by atoms with van der Waals surface area (Å²) in [6.45, 7) is 18.3. The van der Waals surface area contributed by atoms with Gasteiger partial charge in [-0.05, 0) is 116 Å². The molecule has 3 aromatic carbocycles. The third-order valence-corrected chi connectivity index (χ3v) is 12.7. The summed E-state index contributed by atoms with van der Waals surface area (Å²) in [5, 5.41) is 1.92. The average Bonchev–Trinajstić information content (AvgIpc) is 3.52. The van der Waals surface area contributed by atoms with Gasteiger partial charge in [-0.25, -0.2) is 4.67 Å². The van der Waals surface area contributed by atoms with E-state index in [1.807, 2.05) is 92.8 Å². The molecule has 14 heteroatoms. The Morgan fingerprint density at radius 2 is 1.32 bits per heavy atom. The van der Waals surface area contributed by atoms with Crippen LogP contribution < -0.4 is 14.8 Å². The van der Waals surface area contributed by atoms with Crippen molar-refractivity contribution < 1.29 is 50.7 Å². The van der Waals surface area contributed by atoms with Crippen molar-refractivity contribution in [3.63, 3.8) is 0 Å². The molecule has 3 aromatic rings. The number of halogens is 3. The van der Waals surface area contributed by atoms with Crippen LogP contribution in [0.1, 0.15) is 98.3 Å². The number of amides is 1. The minimum Gasteiger partial charge on any atom is -0.497 e. The highest BCUT2D eigenvalue weighted by molar-refractivity contribution is 7.44. The van der Waals surface area contributed by atoms with E-state index in [9.17, 15) is 18.0 Å². The molecule has 0 spiro atoms. The molecule has 1 aliphatic heterocycles. The van der Waals surface area contributed by atoms with E-state index in [4.69, 9.17) is 32.7 Å². The first-order valence-corrected chi connectivity index (χ1v) is 21.4. The van der Waals surface area contributed by atoms with Crippen molar-refractivity contribution in [2.45, 2.75) is 135 Å². The van der Waals surface area contributed by atoms with E-state index in [0.29, 0.717) is 12.8 Å². The largest absolute Gasteiger partial charge is 0.497 e. The minimum absolute atomic E-state index is 0.0873. The first kappa shape index (κ1) is 48.4. The summed E-state index contributed by atoms with van der Waals surface area (Å²) in [6.07, 6.45) is -4.53. The maximum absolute atomic E-state index is 12.7. The van der Waals surface area contributed by atoms with Crippen LogP contribution >= 0.6 is 8.53 Å². The second-order valence-electron chi connectivity index (χ2n) is 16.7. The number of carbonyl (C=O) groups excluding carboxylic acids is 1. The summed E-state index contributed by atoms with van der Waals surface area (Å²) >= 11 is 0. The third kappa shape index (κ3) is 13.3. The quantitative estimate of drug-likeness (QED) is 0.0783. The van der Waals surface area contributed by atoms with Crippen molar-refractivity contribution in [2.75, 3.05) is 34.0 Å². The zero-order valence-electron chi connectivity index (χ0n) is 36.4. The molecule has 4 atom stereocenters. The normalized spacial score (nSPS) is 18.4. The zero-order valence-corrected chi connectivity index (χ0v) is 37.3. The molecule has 0 aromatic heterocycles. The summed E-state index contributed by atoms with van der Waals surface area (Å²) in [5.74, 6) is -0.502. The van der Waals surface area contributed by atoms with Crippen molar-refractivity contribution in [2.24, 2.45) is 0 Å². The molecule has 0 saturated carbocycles. The predicted molar refractivity (Wildman–Crippen MR) is 225 cm³/mol. The Kier molecular flexibility index (Phi) is 17.2. The predicted octanol–water partition coefficient (Wildman–Crippen LogP) is 9.97. The number of hydrogen-bond donors (Lipinski definition) is 1. The van der Waals surface area contributed by atoms with E-state index >= 15 is 0 Å². The number of ether oxygens (including phenoxy) is 5. The minimum atomic E-state index is -4.93. The maximum Gasteiger partial charge on any atom is 0.471 e. The van der Waals surface area contributed by atoms with E-state index in [1.165, 1.54) is 0 Å². The van der Waals surface area contributed by atoms with Gasteiger partial charge in [-0.2, -0.15) is 13.2 Å². The van der Waals surface area contributed by atoms with Gasteiger partial charge in [-0.15, -0.1) is 0 Å². The summed E-state index contributed by atoms with van der Waals surface area (Å²) in [6, 6.07) is 26.1. The Morgan fingerprint density at radius 1 is 0.797 bits per heavy atom. The molecule has 0 aliphatic carbocycles. The van der Waals surface area contributed by atoms with Gasteiger partial charge < -0.3 is 38.0 Å². The van der Waals surface area contributed by atoms with Crippen LogP contribution in [0.25, 0.3) is 0 Å². The van der Waals surface area contributed by atoms with Gasteiger partial charge in [-0.1, -0.05) is 54.6 Å². The number of hydrogen-bond acceptors (Lipinski definition) is 9. The average molecular weight is 849 g/mol. The van der Waals surface area contributed by atoms with E-state index in [-0.39, 0.29) is 50.5 Å². The van der Waals surface area contributed by atoms with Gasteiger partial charge in [0.2, 0.25) is 0 Å². The van der Waals surface area contributed by atoms with Crippen molar-refractivity contribution in [3.8, 4) is 11.5 Å². The lowest BCUT2D eigenvalue weighted by Gasteiger charge is -2.41. The number of rotatable bonds is 22. The zero-order chi connectivity index (χ0) is 43.6. The lowest BCUT2D eigenvalue weighted by atomic mass is 9.80. The molecule has 59 heavy (non-hydrogen) atoms. The molecule has 4 rings (SSSR count). The number of carbonyl (C=O) groups is 1. The summed E-state index contributed by atoms with van der Waals surface area (Å²) in [5.41, 5.74) is 0.225. The highest BCUT2D eigenvalue weighted by Crippen LogP contribution is 2.53. The first-order valence-electron chi connectivity index (χ1n) is 20.3. The van der Waals surface area contributed by atoms with Gasteiger partial charge in [-0.3, -0.25) is 4.79 Å². The monoisotopic (exact) mass is 848 g/mol. The molecular formula is C45H64F3N2O8P. The lowest BCUT2D eigenvalue weighted by molar-refractivity contribution is -0.173. The number of alkyl halides is 3. The SMILES string of the molecule is COc1ccc(C(OCC2OC(C)CC2OP(OC(C)(C)CCOC(C)(C)CCNC(=O)C(F)(F)F)N(C(C)C)C(C)C)(c2ccccc2)c2ccc(OC)cc2)cc1. The summed E-state index contributed by atoms with van der Waals surface area (Å²) < 4.78 is 85.2. The highest BCUT2D eigenvalue weighted by atomic mass is 31.2. The molecular weight excluding hydrogens is 784 g/mol. The highest BCUT2D eigenvalue weighted by Gasteiger charge is 2.45. The fourth-order valence-corrected chi connectivity index (χ4v) is 9.12. The van der Waals surface area contributed by atoms with Crippen molar-refractivity contribution in [3.05, 3.63) is 95.6 Å². The van der Waals surface area contributed by atoms with E-state index in [0.717, 1.165) is 28.2 Å². The fraction of sp³-hybridized carbons (Fsp3) is 0.578. The van der Waals surface area contributed by atoms with Crippen LogP contribution in [0.15, 0.2) is 78.9 Å². The summed E-state index contributed by atoms with van der Waals surface area (Å²) in [4.78, 5) is 11.3. The molecule has 1 amide bonds. The molecule has 1 N–H and O–H groups in total. The topological polar surface area (TPSA) is 97.0 Å². The second kappa shape index (κ2) is 21.0. The van der Waals surface area contributed by atoms with Gasteiger partial charge in [0, 0.05) is 25.0 Å². The molecule has 10 nitrogen and oxygen atoms in total. The van der Waals surface area contributed by atoms with Crippen LogP contribution in [0.3, 0.4) is 0 Å². The van der Waals surface area contributed by atoms with Crippen LogP contribution in [0.4, 0.5) is 13.2 Å². The third-order valence-electron chi connectivity index (χ3n) is 10.3. The van der Waals surface area contributed by atoms with Crippen LogP contribution in [0, 0.1) is 0 Å². The Labute approximate surface area is 350 Å². The van der Waals surface area contributed by atoms with Crippen molar-refractivity contribution in [1.82, 2.24) is 9.99 Å². The molecule has 1 fully saturated rings. The van der Waals surface area contributed by atoms with Gasteiger partial charge in [0.05, 0.1) is 50.8 Å². The summed E-state index contributed by atoms with van der Waals surface area (Å²) in [7, 11) is 1.65. The molecule has 0 bridgehead atoms. The molecule has 1 saturated heterocycles. The van der Waals surface area contributed by atoms with Crippen LogP contribution in [-0.2, 0) is 33.7 Å². The van der Waals surface area contributed by atoms with Gasteiger partial charge in [0.25, 0.3) is 8.53 Å². The van der Waals surface area contributed by atoms with Gasteiger partial charge in [0.15, 0.2) is 0 Å². The van der Waals surface area contributed by atoms with Crippen LogP contribution in [0.5, 0.6) is 11.5 Å². The second-order valence-corrected chi connectivity index (χ2v) is 18.0. The Hall–Kier alpha value is -3.29. The van der Waals surface area contributed by atoms with Crippen molar-refractivity contribution in [1.29, 1.82) is 0 Å². The smallest absolute Gasteiger partial charge is 0.471 e. The maximum atomic E-state index is 12.7. The number of methoxy groups -OCH3 is 2. The Bertz CT molecular complexity index is 1670. The Morgan fingerprint density at radius 3 is 1.81 bits per heavy atom. The number of benzene rings is 3. The van der Waals surface area contributed by atoms with E-state index in [2.05, 4.69) is 44.5 Å².